The Labute approximate surface area is 131 Å². The van der Waals surface area contributed by atoms with Gasteiger partial charge in [0.2, 0.25) is 6.23 Å². The topological polar surface area (TPSA) is 61.7 Å². The Kier molecular flexibility index (Phi) is 3.68. The number of halogens is 2. The lowest BCUT2D eigenvalue weighted by Crippen LogP contribution is -2.24. The Morgan fingerprint density at radius 3 is 2.62 bits per heavy atom. The van der Waals surface area contributed by atoms with Crippen LogP contribution in [0.4, 0.5) is 5.69 Å². The fraction of sp³-hybridized carbons (Fsp3) is 0.0667. The van der Waals surface area contributed by atoms with Crippen LogP contribution in [0.2, 0.25) is 10.0 Å². The number of aliphatic hydroxyl groups excluding tert-OH is 1. The number of carbonyl (C=O) groups excluding carboxylic acids is 1. The van der Waals surface area contributed by atoms with Crippen LogP contribution >= 0.6 is 23.2 Å². The van der Waals surface area contributed by atoms with E-state index in [4.69, 9.17) is 23.2 Å². The van der Waals surface area contributed by atoms with Gasteiger partial charge in [-0.1, -0.05) is 41.4 Å². The number of nitrogens with zero attached hydrogens (tertiary/aromatic N) is 1. The summed E-state index contributed by atoms with van der Waals surface area (Å²) in [5, 5.41) is 13.4. The van der Waals surface area contributed by atoms with Crippen molar-refractivity contribution >= 4 is 40.5 Å². The molecule has 1 heterocycles. The SMILES string of the molecule is O=[13C]1Nc2ccc(Cl)cc2C(c2ccccc2Cl)=[15N][13CH]1O. The van der Waals surface area contributed by atoms with E-state index in [0.29, 0.717) is 32.6 Å². The van der Waals surface area contributed by atoms with Gasteiger partial charge in [-0.25, -0.2) is 4.99 Å². The molecule has 0 spiro atoms. The number of nitrogens with one attached hydrogen (secondary N) is 1. The van der Waals surface area contributed by atoms with Crippen LogP contribution in [0.3, 0.4) is 0 Å². The lowest BCUT2D eigenvalue weighted by molar-refractivity contribution is -0.123. The van der Waals surface area contributed by atoms with Crippen molar-refractivity contribution in [1.82, 2.24) is 0 Å². The van der Waals surface area contributed by atoms with E-state index < -0.39 is 12.1 Å². The number of benzene rings is 2. The average Bonchev–Trinajstić information content (AvgIpc) is 2.58. The number of aliphatic imine (C=N–C) groups is 1. The van der Waals surface area contributed by atoms with Gasteiger partial charge in [-0.3, -0.25) is 4.79 Å². The maximum atomic E-state index is 11.8. The van der Waals surface area contributed by atoms with Crippen molar-refractivity contribution in [2.24, 2.45) is 4.99 Å². The number of aliphatic hydroxyl groups is 1. The summed E-state index contributed by atoms with van der Waals surface area (Å²) in [6.07, 6.45) is -1.50. The monoisotopic (exact) mass is 323 g/mol. The predicted octanol–water partition coefficient (Wildman–Crippen LogP) is 3.10. The number of amides is 1. The fourth-order valence-electron chi connectivity index (χ4n) is 2.14. The number of fused-ring (bicyclic) bond motifs is 1. The summed E-state index contributed by atoms with van der Waals surface area (Å²) in [6, 6.07) is 12.1. The minimum absolute atomic E-state index is 0.420. The summed E-state index contributed by atoms with van der Waals surface area (Å²) in [6.45, 7) is 0. The molecule has 106 valence electrons. The molecule has 1 atom stereocenters. The first-order chi connectivity index (χ1) is 10.1. The van der Waals surface area contributed by atoms with Crippen LogP contribution in [0.5, 0.6) is 0 Å². The van der Waals surface area contributed by atoms with E-state index in [-0.39, 0.29) is 0 Å². The molecule has 0 aliphatic carbocycles. The molecule has 0 aromatic heterocycles. The molecular weight excluding hydrogens is 314 g/mol. The molecule has 1 unspecified atom stereocenters. The van der Waals surface area contributed by atoms with Crippen molar-refractivity contribution in [3.05, 3.63) is 63.6 Å². The van der Waals surface area contributed by atoms with Gasteiger partial charge in [-0.15, -0.1) is 0 Å². The van der Waals surface area contributed by atoms with Gasteiger partial charge in [0.25, 0.3) is 5.91 Å². The van der Waals surface area contributed by atoms with Gasteiger partial charge >= 0.3 is 0 Å². The van der Waals surface area contributed by atoms with E-state index in [9.17, 15) is 9.90 Å². The molecule has 1 aliphatic rings. The number of anilines is 1. The Morgan fingerprint density at radius 1 is 1.10 bits per heavy atom. The largest absolute Gasteiger partial charge is 0.364 e. The van der Waals surface area contributed by atoms with Crippen LogP contribution in [0, 0.1) is 0 Å². The van der Waals surface area contributed by atoms with Crippen LogP contribution in [0.1, 0.15) is 11.1 Å². The molecule has 1 amide bonds. The van der Waals surface area contributed by atoms with E-state index in [1.165, 1.54) is 0 Å². The summed E-state index contributed by atoms with van der Waals surface area (Å²) in [5.74, 6) is -0.597. The van der Waals surface area contributed by atoms with Crippen molar-refractivity contribution in [2.75, 3.05) is 5.32 Å². The van der Waals surface area contributed by atoms with Gasteiger partial charge in [0.1, 0.15) is 0 Å². The molecule has 2 aromatic rings. The minimum atomic E-state index is -1.50. The van der Waals surface area contributed by atoms with E-state index in [1.807, 2.05) is 0 Å². The summed E-state index contributed by atoms with van der Waals surface area (Å²) < 4.78 is 0. The molecule has 0 radical (unpaired) electrons. The van der Waals surface area contributed by atoms with Gasteiger partial charge < -0.3 is 10.4 Å². The third-order valence-corrected chi connectivity index (χ3v) is 3.67. The lowest BCUT2D eigenvalue weighted by atomic mass is 10.0. The van der Waals surface area contributed by atoms with Gasteiger partial charge in [-0.2, -0.15) is 0 Å². The highest BCUT2D eigenvalue weighted by Crippen LogP contribution is 2.29. The molecule has 21 heavy (non-hydrogen) atoms. The first-order valence-corrected chi connectivity index (χ1v) is 6.93. The Morgan fingerprint density at radius 2 is 1.86 bits per heavy atom. The zero-order chi connectivity index (χ0) is 15.0. The van der Waals surface area contributed by atoms with E-state index in [1.54, 1.807) is 42.5 Å². The molecule has 0 bridgehead atoms. The molecule has 1 aliphatic heterocycles. The van der Waals surface area contributed by atoms with Crippen LogP contribution < -0.4 is 5.32 Å². The number of hydrogen-bond acceptors (Lipinski definition) is 3. The Balaban J connectivity index is 2.27. The van der Waals surface area contributed by atoms with E-state index in [2.05, 4.69) is 10.3 Å². The van der Waals surface area contributed by atoms with Crippen molar-refractivity contribution in [3.8, 4) is 0 Å². The molecule has 2 aromatic carbocycles. The highest BCUT2D eigenvalue weighted by atomic mass is 35.5. The van der Waals surface area contributed by atoms with Crippen LogP contribution in [-0.4, -0.2) is 23.0 Å². The Bertz CT molecular complexity index is 759. The second-order valence-corrected chi connectivity index (χ2v) is 5.35. The maximum Gasteiger partial charge on any atom is 0.276 e. The maximum absolute atomic E-state index is 11.8. The van der Waals surface area contributed by atoms with Crippen molar-refractivity contribution in [2.45, 2.75) is 6.23 Å². The zero-order valence-electron chi connectivity index (χ0n) is 10.7. The molecule has 0 saturated carbocycles. The van der Waals surface area contributed by atoms with E-state index in [0.717, 1.165) is 0 Å². The smallest absolute Gasteiger partial charge is 0.276 e. The molecule has 0 saturated heterocycles. The number of carbonyl (C=O) groups is 1. The van der Waals surface area contributed by atoms with Gasteiger partial charge in [0, 0.05) is 21.2 Å². The average molecular weight is 324 g/mol. The molecule has 2 N–H and O–H groups in total. The fourth-order valence-corrected chi connectivity index (χ4v) is 2.53. The van der Waals surface area contributed by atoms with Crippen molar-refractivity contribution < 1.29 is 9.90 Å². The highest BCUT2D eigenvalue weighted by molar-refractivity contribution is 6.36. The molecule has 6 heteroatoms. The normalized spacial score (nSPS) is 17.6. The number of rotatable bonds is 1. The number of benzodiazepines with no additional fused rings is 1. The van der Waals surface area contributed by atoms with Crippen LogP contribution in [0.25, 0.3) is 0 Å². The second kappa shape index (κ2) is 5.48. The summed E-state index contributed by atoms with van der Waals surface area (Å²) in [5.41, 5.74) is 2.18. The first kappa shape index (κ1) is 14.1. The predicted molar refractivity (Wildman–Crippen MR) is 83.2 cm³/mol. The quantitative estimate of drug-likeness (QED) is 0.625. The third kappa shape index (κ3) is 2.65. The van der Waals surface area contributed by atoms with Crippen molar-refractivity contribution in [3.63, 3.8) is 0 Å². The van der Waals surface area contributed by atoms with E-state index >= 15 is 0 Å². The lowest BCUT2D eigenvalue weighted by Gasteiger charge is -2.11. The minimum Gasteiger partial charge on any atom is -0.364 e. The van der Waals surface area contributed by atoms with Gasteiger partial charge in [-0.05, 0) is 24.3 Å². The summed E-state index contributed by atoms with van der Waals surface area (Å²) in [7, 11) is 0. The van der Waals surface area contributed by atoms with Crippen LogP contribution in [-0.2, 0) is 4.79 Å². The highest BCUT2D eigenvalue weighted by Gasteiger charge is 2.25. The zero-order valence-corrected chi connectivity index (χ0v) is 12.2. The standard InChI is InChI=1S/C15H10Cl2N2O2/c16-8-5-6-12-10(7-8)13(19-15(21)14(20)18-12)9-3-1-2-4-11(9)17/h1-7,15,21H,(H,18,20)/i14+1,15+1,19+1. The second-order valence-electron chi connectivity index (χ2n) is 4.51. The molecule has 3 rings (SSSR count). The molecular formula is C15H10Cl2N2O2. The van der Waals surface area contributed by atoms with Gasteiger partial charge in [0.15, 0.2) is 0 Å². The van der Waals surface area contributed by atoms with Gasteiger partial charge in [0.05, 0.1) is 11.4 Å². The third-order valence-electron chi connectivity index (χ3n) is 3.11. The summed E-state index contributed by atoms with van der Waals surface area (Å²) in [4.78, 5) is 15.9. The molecule has 0 fully saturated rings. The number of hydrogen-bond donors (Lipinski definition) is 2. The summed E-state index contributed by atoms with van der Waals surface area (Å²) >= 11 is 12.2. The molecule has 4 nitrogen and oxygen atoms in total. The van der Waals surface area contributed by atoms with Crippen LogP contribution in [0.15, 0.2) is 47.5 Å². The van der Waals surface area contributed by atoms with Crippen molar-refractivity contribution in [1.29, 1.82) is 0 Å². The first-order valence-electron chi connectivity index (χ1n) is 6.18. The Hall–Kier alpha value is -1.88.